The number of pyridine rings is 1. The smallest absolute Gasteiger partial charge is 0.101 e. The molecule has 112 valence electrons. The average Bonchev–Trinajstić information content (AvgIpc) is 2.37. The molecule has 1 aromatic carbocycles. The molecule has 21 heavy (non-hydrogen) atoms. The van der Waals surface area contributed by atoms with Gasteiger partial charge in [0, 0.05) is 21.1 Å². The molecule has 0 saturated heterocycles. The highest BCUT2D eigenvalue weighted by molar-refractivity contribution is 9.10. The quantitative estimate of drug-likeness (QED) is 0.780. The Labute approximate surface area is 139 Å². The van der Waals surface area contributed by atoms with Crippen LogP contribution < -0.4 is 5.32 Å². The Bertz CT molecular complexity index is 608. The molecular weight excluding hydrogens is 344 g/mol. The van der Waals surface area contributed by atoms with Gasteiger partial charge in [0.15, 0.2) is 0 Å². The Morgan fingerprint density at radius 2 is 2.00 bits per heavy atom. The lowest BCUT2D eigenvalue weighted by atomic mass is 10.1. The molecule has 0 saturated carbocycles. The molecule has 2 aromatic rings. The first kappa shape index (κ1) is 16.5. The summed E-state index contributed by atoms with van der Waals surface area (Å²) in [6.45, 7) is 9.45. The maximum Gasteiger partial charge on any atom is 0.101 e. The Morgan fingerprint density at radius 3 is 2.67 bits per heavy atom. The number of benzene rings is 1. The summed E-state index contributed by atoms with van der Waals surface area (Å²) in [5.41, 5.74) is 3.63. The van der Waals surface area contributed by atoms with E-state index in [4.69, 9.17) is 0 Å². The van der Waals surface area contributed by atoms with Crippen molar-refractivity contribution < 1.29 is 0 Å². The van der Waals surface area contributed by atoms with E-state index in [9.17, 15) is 0 Å². The van der Waals surface area contributed by atoms with E-state index in [0.29, 0.717) is 6.04 Å². The molecule has 1 unspecified atom stereocenters. The average molecular weight is 365 g/mol. The normalized spacial score (nSPS) is 12.4. The van der Waals surface area contributed by atoms with E-state index in [0.717, 1.165) is 21.7 Å². The van der Waals surface area contributed by atoms with Crippen LogP contribution in [0, 0.1) is 13.8 Å². The minimum Gasteiger partial charge on any atom is -0.310 e. The number of nitrogens with one attached hydrogen (secondary N) is 1. The summed E-state index contributed by atoms with van der Waals surface area (Å²) in [6, 6.07) is 11.0. The fraction of sp³-hybridized carbons (Fsp3) is 0.353. The molecular formula is C17H21BrN2S. The van der Waals surface area contributed by atoms with Crippen LogP contribution >= 0.6 is 27.7 Å². The fourth-order valence-corrected chi connectivity index (χ4v) is 4.06. The van der Waals surface area contributed by atoms with E-state index < -0.39 is 0 Å². The van der Waals surface area contributed by atoms with E-state index in [1.54, 1.807) is 11.8 Å². The minimum atomic E-state index is 0.330. The van der Waals surface area contributed by atoms with Crippen molar-refractivity contribution >= 4 is 27.7 Å². The van der Waals surface area contributed by atoms with Crippen LogP contribution in [0.15, 0.2) is 44.7 Å². The Kier molecular flexibility index (Phi) is 5.85. The Morgan fingerprint density at radius 1 is 1.24 bits per heavy atom. The highest BCUT2D eigenvalue weighted by atomic mass is 79.9. The van der Waals surface area contributed by atoms with Crippen molar-refractivity contribution in [2.24, 2.45) is 0 Å². The Hall–Kier alpha value is -0.840. The highest BCUT2D eigenvalue weighted by Crippen LogP contribution is 2.34. The number of halogens is 1. The van der Waals surface area contributed by atoms with Gasteiger partial charge in [-0.2, -0.15) is 0 Å². The van der Waals surface area contributed by atoms with Crippen molar-refractivity contribution in [3.8, 4) is 0 Å². The molecule has 2 rings (SSSR count). The van der Waals surface area contributed by atoms with E-state index >= 15 is 0 Å². The number of aryl methyl sites for hydroxylation is 2. The van der Waals surface area contributed by atoms with Crippen LogP contribution in [-0.2, 0) is 0 Å². The molecule has 0 aliphatic rings. The summed E-state index contributed by atoms with van der Waals surface area (Å²) in [6.07, 6.45) is 0. The minimum absolute atomic E-state index is 0.330. The molecule has 1 atom stereocenters. The van der Waals surface area contributed by atoms with Crippen molar-refractivity contribution in [2.45, 2.75) is 43.7 Å². The van der Waals surface area contributed by atoms with Crippen molar-refractivity contribution in [2.75, 3.05) is 6.54 Å². The summed E-state index contributed by atoms with van der Waals surface area (Å²) in [5.74, 6) is 0. The van der Waals surface area contributed by atoms with Gasteiger partial charge in [-0.1, -0.05) is 40.7 Å². The summed E-state index contributed by atoms with van der Waals surface area (Å²) >= 11 is 5.30. The van der Waals surface area contributed by atoms with E-state index in [-0.39, 0.29) is 0 Å². The predicted molar refractivity (Wildman–Crippen MR) is 94.1 cm³/mol. The molecule has 0 amide bonds. The number of hydrogen-bond donors (Lipinski definition) is 1. The zero-order valence-corrected chi connectivity index (χ0v) is 15.3. The van der Waals surface area contributed by atoms with Crippen LogP contribution in [0.2, 0.25) is 0 Å². The van der Waals surface area contributed by atoms with Crippen LogP contribution in [0.1, 0.15) is 36.7 Å². The van der Waals surface area contributed by atoms with Crippen LogP contribution in [0.3, 0.4) is 0 Å². The van der Waals surface area contributed by atoms with Crippen molar-refractivity contribution in [1.29, 1.82) is 0 Å². The van der Waals surface area contributed by atoms with Gasteiger partial charge >= 0.3 is 0 Å². The summed E-state index contributed by atoms with van der Waals surface area (Å²) in [5, 5.41) is 4.53. The molecule has 1 heterocycles. The third-order valence-electron chi connectivity index (χ3n) is 3.24. The van der Waals surface area contributed by atoms with Crippen molar-refractivity contribution in [1.82, 2.24) is 10.3 Å². The number of hydrogen-bond acceptors (Lipinski definition) is 3. The molecule has 0 fully saturated rings. The number of rotatable bonds is 5. The zero-order chi connectivity index (χ0) is 15.4. The zero-order valence-electron chi connectivity index (χ0n) is 12.9. The van der Waals surface area contributed by atoms with Gasteiger partial charge in [-0.05, 0) is 62.7 Å². The summed E-state index contributed by atoms with van der Waals surface area (Å²) < 4.78 is 1.10. The maximum absolute atomic E-state index is 4.63. The standard InChI is InChI=1S/C17H21BrN2S/c1-5-19-13(4)15-7-6-14(18)10-16(15)21-17-9-11(2)8-12(3)20-17/h6-10,13,19H,5H2,1-4H3. The lowest BCUT2D eigenvalue weighted by Gasteiger charge is -2.17. The summed E-state index contributed by atoms with van der Waals surface area (Å²) in [4.78, 5) is 5.88. The Balaban J connectivity index is 2.35. The van der Waals surface area contributed by atoms with Gasteiger partial charge < -0.3 is 5.32 Å². The maximum atomic E-state index is 4.63. The van der Waals surface area contributed by atoms with Crippen LogP contribution in [0.25, 0.3) is 0 Å². The van der Waals surface area contributed by atoms with Gasteiger partial charge in [-0.15, -0.1) is 0 Å². The van der Waals surface area contributed by atoms with Crippen molar-refractivity contribution in [3.05, 3.63) is 51.6 Å². The first-order valence-electron chi connectivity index (χ1n) is 7.15. The van der Waals surface area contributed by atoms with Crippen molar-refractivity contribution in [3.63, 3.8) is 0 Å². The van der Waals surface area contributed by atoms with Crippen LogP contribution in [0.4, 0.5) is 0 Å². The van der Waals surface area contributed by atoms with Gasteiger partial charge in [0.25, 0.3) is 0 Å². The van der Waals surface area contributed by atoms with Crippen LogP contribution in [0.5, 0.6) is 0 Å². The molecule has 2 nitrogen and oxygen atoms in total. The molecule has 0 radical (unpaired) electrons. The monoisotopic (exact) mass is 364 g/mol. The van der Waals surface area contributed by atoms with Gasteiger partial charge in [0.05, 0.1) is 0 Å². The molecule has 0 spiro atoms. The fourth-order valence-electron chi connectivity index (χ4n) is 2.34. The third kappa shape index (κ3) is 4.56. The first-order chi connectivity index (χ1) is 9.99. The molecule has 1 aromatic heterocycles. The number of aromatic nitrogens is 1. The first-order valence-corrected chi connectivity index (χ1v) is 8.76. The largest absolute Gasteiger partial charge is 0.310 e. The van der Waals surface area contributed by atoms with Crippen LogP contribution in [-0.4, -0.2) is 11.5 Å². The lowest BCUT2D eigenvalue weighted by molar-refractivity contribution is 0.589. The van der Waals surface area contributed by atoms with Gasteiger partial charge in [0.2, 0.25) is 0 Å². The SMILES string of the molecule is CCNC(C)c1ccc(Br)cc1Sc1cc(C)cc(C)n1. The topological polar surface area (TPSA) is 24.9 Å². The molecule has 1 N–H and O–H groups in total. The van der Waals surface area contributed by atoms with E-state index in [2.05, 4.69) is 77.3 Å². The third-order valence-corrected chi connectivity index (χ3v) is 4.73. The van der Waals surface area contributed by atoms with E-state index in [1.165, 1.54) is 16.0 Å². The number of nitrogens with zero attached hydrogens (tertiary/aromatic N) is 1. The molecule has 0 aliphatic heterocycles. The lowest BCUT2D eigenvalue weighted by Crippen LogP contribution is -2.18. The predicted octanol–water partition coefficient (Wildman–Crippen LogP) is 5.28. The summed E-state index contributed by atoms with van der Waals surface area (Å²) in [7, 11) is 0. The second-order valence-corrected chi connectivity index (χ2v) is 7.17. The molecule has 4 heteroatoms. The van der Waals surface area contributed by atoms with Gasteiger partial charge in [0.1, 0.15) is 5.03 Å². The van der Waals surface area contributed by atoms with Gasteiger partial charge in [-0.25, -0.2) is 4.98 Å². The van der Waals surface area contributed by atoms with E-state index in [1.807, 2.05) is 6.92 Å². The second-order valence-electron chi connectivity index (χ2n) is 5.19. The molecule has 0 aliphatic carbocycles. The van der Waals surface area contributed by atoms with Gasteiger partial charge in [-0.3, -0.25) is 0 Å². The molecule has 0 bridgehead atoms. The second kappa shape index (κ2) is 7.43. The highest BCUT2D eigenvalue weighted by Gasteiger charge is 2.12.